The number of benzene rings is 1. The van der Waals surface area contributed by atoms with E-state index in [2.05, 4.69) is 20.2 Å². The van der Waals surface area contributed by atoms with Crippen LogP contribution in [0.15, 0.2) is 42.7 Å². The first-order chi connectivity index (χ1) is 12.8. The first-order valence-corrected chi connectivity index (χ1v) is 9.06. The summed E-state index contributed by atoms with van der Waals surface area (Å²) < 4.78 is 11.1. The molecule has 1 amide bonds. The summed E-state index contributed by atoms with van der Waals surface area (Å²) in [5.41, 5.74) is 0. The second-order valence-corrected chi connectivity index (χ2v) is 6.29. The highest BCUT2D eigenvalue weighted by molar-refractivity contribution is 5.75. The third kappa shape index (κ3) is 5.86. The lowest BCUT2D eigenvalue weighted by Crippen LogP contribution is -2.46. The van der Waals surface area contributed by atoms with Crippen molar-refractivity contribution in [2.75, 3.05) is 32.9 Å². The van der Waals surface area contributed by atoms with E-state index in [-0.39, 0.29) is 11.9 Å². The van der Waals surface area contributed by atoms with Crippen molar-refractivity contribution in [2.24, 2.45) is 0 Å². The molecule has 0 saturated carbocycles. The summed E-state index contributed by atoms with van der Waals surface area (Å²) >= 11 is 0. The van der Waals surface area contributed by atoms with Crippen molar-refractivity contribution in [3.05, 3.63) is 48.5 Å². The van der Waals surface area contributed by atoms with Crippen LogP contribution >= 0.6 is 0 Å². The Morgan fingerprint density at radius 3 is 3.08 bits per heavy atom. The first kappa shape index (κ1) is 18.4. The first-order valence-electron chi connectivity index (χ1n) is 9.06. The fourth-order valence-corrected chi connectivity index (χ4v) is 2.98. The van der Waals surface area contributed by atoms with Crippen LogP contribution in [-0.2, 0) is 16.1 Å². The van der Waals surface area contributed by atoms with Gasteiger partial charge >= 0.3 is 0 Å². The molecule has 2 N–H and O–H groups in total. The normalized spacial score (nSPS) is 17.8. The third-order valence-corrected chi connectivity index (χ3v) is 4.40. The highest BCUT2D eigenvalue weighted by Crippen LogP contribution is 2.13. The standard InChI is InChI=1S/C19H26N4O3/c24-19(7-12-26-17-4-2-1-3-5-17)22-8-6-16-15-25-13-11-23(16)14-18-20-9-10-21-18/h1-5,9-10,16H,6-8,11-15H2,(H,20,21)(H,22,24). The van der Waals surface area contributed by atoms with Crippen molar-refractivity contribution >= 4 is 5.91 Å². The summed E-state index contributed by atoms with van der Waals surface area (Å²) in [7, 11) is 0. The van der Waals surface area contributed by atoms with Gasteiger partial charge in [-0.05, 0) is 18.6 Å². The molecule has 0 aliphatic carbocycles. The van der Waals surface area contributed by atoms with Crippen LogP contribution in [0.5, 0.6) is 5.75 Å². The number of hydrogen-bond donors (Lipinski definition) is 2. The Labute approximate surface area is 153 Å². The summed E-state index contributed by atoms with van der Waals surface area (Å²) in [5, 5.41) is 2.97. The van der Waals surface area contributed by atoms with Crippen molar-refractivity contribution in [3.63, 3.8) is 0 Å². The van der Waals surface area contributed by atoms with Gasteiger partial charge in [-0.1, -0.05) is 18.2 Å². The molecule has 0 spiro atoms. The van der Waals surface area contributed by atoms with Gasteiger partial charge in [0.1, 0.15) is 11.6 Å². The zero-order valence-corrected chi connectivity index (χ0v) is 14.9. The lowest BCUT2D eigenvalue weighted by atomic mass is 10.1. The van der Waals surface area contributed by atoms with Gasteiger partial charge in [-0.25, -0.2) is 4.98 Å². The molecule has 1 aromatic carbocycles. The number of aromatic nitrogens is 2. The topological polar surface area (TPSA) is 79.5 Å². The van der Waals surface area contributed by atoms with Crippen molar-refractivity contribution in [1.82, 2.24) is 20.2 Å². The van der Waals surface area contributed by atoms with E-state index in [1.165, 1.54) is 0 Å². The van der Waals surface area contributed by atoms with E-state index in [1.54, 1.807) is 6.20 Å². The van der Waals surface area contributed by atoms with E-state index in [0.717, 1.165) is 37.7 Å². The maximum Gasteiger partial charge on any atom is 0.223 e. The fraction of sp³-hybridized carbons (Fsp3) is 0.474. The molecule has 1 aromatic heterocycles. The monoisotopic (exact) mass is 358 g/mol. The smallest absolute Gasteiger partial charge is 0.223 e. The zero-order chi connectivity index (χ0) is 18.0. The predicted molar refractivity (Wildman–Crippen MR) is 97.8 cm³/mol. The highest BCUT2D eigenvalue weighted by atomic mass is 16.5. The minimum Gasteiger partial charge on any atom is -0.493 e. The number of carbonyl (C=O) groups is 1. The fourth-order valence-electron chi connectivity index (χ4n) is 2.98. The molecule has 7 heteroatoms. The SMILES string of the molecule is O=C(CCOc1ccccc1)NCCC1COCCN1Cc1ncc[nH]1. The Hall–Kier alpha value is -2.38. The van der Waals surface area contributed by atoms with Crippen LogP contribution in [0.25, 0.3) is 0 Å². The van der Waals surface area contributed by atoms with Gasteiger partial charge in [0, 0.05) is 31.5 Å². The number of H-pyrrole nitrogens is 1. The van der Waals surface area contributed by atoms with Gasteiger partial charge in [0.25, 0.3) is 0 Å². The molecule has 1 unspecified atom stereocenters. The van der Waals surface area contributed by atoms with Crippen molar-refractivity contribution in [2.45, 2.75) is 25.4 Å². The van der Waals surface area contributed by atoms with E-state index in [0.29, 0.717) is 26.2 Å². The van der Waals surface area contributed by atoms with Crippen LogP contribution < -0.4 is 10.1 Å². The molecule has 1 saturated heterocycles. The van der Waals surface area contributed by atoms with E-state index in [1.807, 2.05) is 36.5 Å². The average molecular weight is 358 g/mol. The Balaban J connectivity index is 1.34. The zero-order valence-electron chi connectivity index (χ0n) is 14.9. The Morgan fingerprint density at radius 1 is 1.38 bits per heavy atom. The largest absolute Gasteiger partial charge is 0.493 e. The number of nitrogens with zero attached hydrogens (tertiary/aromatic N) is 2. The summed E-state index contributed by atoms with van der Waals surface area (Å²) in [6, 6.07) is 9.81. The van der Waals surface area contributed by atoms with Gasteiger partial charge in [0.05, 0.1) is 32.8 Å². The van der Waals surface area contributed by atoms with Gasteiger partial charge in [-0.2, -0.15) is 0 Å². The van der Waals surface area contributed by atoms with Crippen LogP contribution in [-0.4, -0.2) is 59.7 Å². The Morgan fingerprint density at radius 2 is 2.27 bits per heavy atom. The number of imidazole rings is 1. The molecule has 1 fully saturated rings. The lowest BCUT2D eigenvalue weighted by Gasteiger charge is -2.35. The van der Waals surface area contributed by atoms with Crippen molar-refractivity contribution in [3.8, 4) is 5.75 Å². The van der Waals surface area contributed by atoms with Gasteiger partial charge < -0.3 is 19.8 Å². The average Bonchev–Trinajstić information content (AvgIpc) is 3.17. The van der Waals surface area contributed by atoms with Gasteiger partial charge in [0.15, 0.2) is 0 Å². The Bertz CT molecular complexity index is 648. The Kier molecular flexibility index (Phi) is 7.04. The minimum absolute atomic E-state index is 0.00948. The molecule has 0 radical (unpaired) electrons. The third-order valence-electron chi connectivity index (χ3n) is 4.40. The number of carbonyl (C=O) groups excluding carboxylic acids is 1. The van der Waals surface area contributed by atoms with E-state index < -0.39 is 0 Å². The van der Waals surface area contributed by atoms with Crippen LogP contribution in [0.1, 0.15) is 18.7 Å². The number of amides is 1. The summed E-state index contributed by atoms with van der Waals surface area (Å²) in [5.74, 6) is 1.75. The number of para-hydroxylation sites is 1. The number of hydrogen-bond acceptors (Lipinski definition) is 5. The van der Waals surface area contributed by atoms with Gasteiger partial charge in [0.2, 0.25) is 5.91 Å². The number of nitrogens with one attached hydrogen (secondary N) is 2. The molecule has 3 rings (SSSR count). The number of ether oxygens (including phenoxy) is 2. The van der Waals surface area contributed by atoms with E-state index in [4.69, 9.17) is 9.47 Å². The van der Waals surface area contributed by atoms with Gasteiger partial charge in [-0.3, -0.25) is 9.69 Å². The second-order valence-electron chi connectivity index (χ2n) is 6.29. The van der Waals surface area contributed by atoms with Crippen LogP contribution in [0.3, 0.4) is 0 Å². The minimum atomic E-state index is 0.00948. The quantitative estimate of drug-likeness (QED) is 0.712. The highest BCUT2D eigenvalue weighted by Gasteiger charge is 2.23. The summed E-state index contributed by atoms with van der Waals surface area (Å²) in [6.45, 7) is 4.10. The molecule has 140 valence electrons. The van der Waals surface area contributed by atoms with Gasteiger partial charge in [-0.15, -0.1) is 0 Å². The van der Waals surface area contributed by atoms with Crippen molar-refractivity contribution < 1.29 is 14.3 Å². The lowest BCUT2D eigenvalue weighted by molar-refractivity contribution is -0.121. The predicted octanol–water partition coefficient (Wildman–Crippen LogP) is 1.59. The maximum absolute atomic E-state index is 12.0. The van der Waals surface area contributed by atoms with Crippen molar-refractivity contribution in [1.29, 1.82) is 0 Å². The molecule has 2 heterocycles. The number of rotatable bonds is 9. The maximum atomic E-state index is 12.0. The van der Waals surface area contributed by atoms with Crippen LogP contribution in [0.4, 0.5) is 0 Å². The molecule has 1 aliphatic heterocycles. The molecule has 1 aliphatic rings. The molecule has 2 aromatic rings. The van der Waals surface area contributed by atoms with E-state index >= 15 is 0 Å². The molecule has 26 heavy (non-hydrogen) atoms. The molecule has 1 atom stereocenters. The van der Waals surface area contributed by atoms with Crippen LogP contribution in [0.2, 0.25) is 0 Å². The summed E-state index contributed by atoms with van der Waals surface area (Å²) in [4.78, 5) is 21.7. The molecule has 7 nitrogen and oxygen atoms in total. The van der Waals surface area contributed by atoms with E-state index in [9.17, 15) is 4.79 Å². The van der Waals surface area contributed by atoms with Crippen LogP contribution in [0, 0.1) is 0 Å². The second kappa shape index (κ2) is 9.94. The number of morpholine rings is 1. The summed E-state index contributed by atoms with van der Waals surface area (Å²) in [6.07, 6.45) is 4.81. The molecule has 0 bridgehead atoms. The molecular weight excluding hydrogens is 332 g/mol. The molecular formula is C19H26N4O3. The number of aromatic amines is 1.